The minimum absolute atomic E-state index is 0.0508. The van der Waals surface area contributed by atoms with Crippen molar-refractivity contribution in [3.63, 3.8) is 0 Å². The maximum Gasteiger partial charge on any atom is 0.261 e. The van der Waals surface area contributed by atoms with E-state index in [1.807, 2.05) is 12.1 Å². The number of halogens is 1. The molecule has 0 radical (unpaired) electrons. The summed E-state index contributed by atoms with van der Waals surface area (Å²) in [4.78, 5) is 4.47. The van der Waals surface area contributed by atoms with Gasteiger partial charge in [-0.05, 0) is 94.9 Å². The number of nitrogens with zero attached hydrogens (tertiary/aromatic N) is 1. The molecule has 0 fully saturated rings. The lowest BCUT2D eigenvalue weighted by molar-refractivity contribution is 0.373. The summed E-state index contributed by atoms with van der Waals surface area (Å²) >= 11 is 2.16. The van der Waals surface area contributed by atoms with Gasteiger partial charge in [0.05, 0.1) is 17.7 Å². The van der Waals surface area contributed by atoms with Crippen molar-refractivity contribution in [3.8, 4) is 11.5 Å². The Morgan fingerprint density at radius 1 is 1.04 bits per heavy atom. The van der Waals surface area contributed by atoms with Crippen LogP contribution in [0.5, 0.6) is 11.5 Å². The highest BCUT2D eigenvalue weighted by Gasteiger charge is 2.13. The lowest BCUT2D eigenvalue weighted by atomic mass is 10.2. The summed E-state index contributed by atoms with van der Waals surface area (Å²) in [6.45, 7) is 0. The number of aliphatic imine (C=N–C) groups is 1. The quantitative estimate of drug-likeness (QED) is 0.378. The number of methoxy groups -OCH3 is 1. The molecule has 0 aliphatic carbocycles. The fourth-order valence-electron chi connectivity index (χ4n) is 2.37. The molecule has 0 spiro atoms. The number of phenolic OH excluding ortho intramolecular Hbond substituents is 1. The van der Waals surface area contributed by atoms with Gasteiger partial charge in [-0.3, -0.25) is 9.71 Å². The van der Waals surface area contributed by atoms with Crippen molar-refractivity contribution in [2.24, 2.45) is 4.99 Å². The number of benzene rings is 3. The summed E-state index contributed by atoms with van der Waals surface area (Å²) < 4.78 is 33.6. The van der Waals surface area contributed by atoms with Gasteiger partial charge in [0.1, 0.15) is 0 Å². The molecule has 8 heteroatoms. The summed E-state index contributed by atoms with van der Waals surface area (Å²) in [5.74, 6) is 0.405. The second-order valence-electron chi connectivity index (χ2n) is 5.80. The summed E-state index contributed by atoms with van der Waals surface area (Å²) in [5.41, 5.74) is 1.84. The van der Waals surface area contributed by atoms with Gasteiger partial charge in [0.15, 0.2) is 11.5 Å². The van der Waals surface area contributed by atoms with Crippen LogP contribution in [0.2, 0.25) is 0 Å². The fraction of sp³-hybridized carbons (Fsp3) is 0.0500. The van der Waals surface area contributed by atoms with Crippen LogP contribution < -0.4 is 9.46 Å². The van der Waals surface area contributed by atoms with Gasteiger partial charge in [-0.15, -0.1) is 0 Å². The van der Waals surface area contributed by atoms with E-state index in [4.69, 9.17) is 4.74 Å². The van der Waals surface area contributed by atoms with Crippen molar-refractivity contribution in [2.75, 3.05) is 11.8 Å². The van der Waals surface area contributed by atoms with E-state index < -0.39 is 10.0 Å². The maximum absolute atomic E-state index is 12.5. The van der Waals surface area contributed by atoms with Crippen LogP contribution in [-0.2, 0) is 10.0 Å². The van der Waals surface area contributed by atoms with E-state index in [1.54, 1.807) is 42.6 Å². The first-order valence-corrected chi connectivity index (χ1v) is 10.7. The van der Waals surface area contributed by atoms with E-state index in [1.165, 1.54) is 25.3 Å². The molecule has 3 aromatic carbocycles. The van der Waals surface area contributed by atoms with Crippen molar-refractivity contribution in [3.05, 3.63) is 75.9 Å². The van der Waals surface area contributed by atoms with E-state index in [0.717, 1.165) is 9.13 Å². The average Bonchev–Trinajstić information content (AvgIpc) is 2.69. The first-order valence-electron chi connectivity index (χ1n) is 8.17. The Morgan fingerprint density at radius 3 is 2.36 bits per heavy atom. The third kappa shape index (κ3) is 5.02. The van der Waals surface area contributed by atoms with Gasteiger partial charge < -0.3 is 9.84 Å². The fourth-order valence-corrected chi connectivity index (χ4v) is 3.79. The molecule has 144 valence electrons. The van der Waals surface area contributed by atoms with Gasteiger partial charge in [-0.2, -0.15) is 0 Å². The Bertz CT molecular complexity index is 1100. The van der Waals surface area contributed by atoms with Gasteiger partial charge in [-0.25, -0.2) is 8.42 Å². The molecule has 6 nitrogen and oxygen atoms in total. The molecule has 0 saturated carbocycles. The summed E-state index contributed by atoms with van der Waals surface area (Å²) in [6.07, 6.45) is 1.61. The van der Waals surface area contributed by atoms with Crippen LogP contribution in [-0.4, -0.2) is 26.8 Å². The van der Waals surface area contributed by atoms with Crippen molar-refractivity contribution in [2.45, 2.75) is 4.90 Å². The molecule has 0 unspecified atom stereocenters. The van der Waals surface area contributed by atoms with E-state index in [9.17, 15) is 13.5 Å². The number of ether oxygens (including phenoxy) is 1. The number of rotatable bonds is 6. The van der Waals surface area contributed by atoms with Gasteiger partial charge >= 0.3 is 0 Å². The lowest BCUT2D eigenvalue weighted by Gasteiger charge is -2.08. The third-order valence-electron chi connectivity index (χ3n) is 3.81. The molecule has 3 rings (SSSR count). The smallest absolute Gasteiger partial charge is 0.261 e. The molecular weight excluding hydrogens is 491 g/mol. The highest BCUT2D eigenvalue weighted by Crippen LogP contribution is 2.26. The predicted molar refractivity (Wildman–Crippen MR) is 118 cm³/mol. The average molecular weight is 508 g/mol. The lowest BCUT2D eigenvalue weighted by Crippen LogP contribution is -2.12. The van der Waals surface area contributed by atoms with Crippen molar-refractivity contribution in [1.82, 2.24) is 0 Å². The van der Waals surface area contributed by atoms with Crippen molar-refractivity contribution in [1.29, 1.82) is 0 Å². The van der Waals surface area contributed by atoms with Gasteiger partial charge in [0, 0.05) is 15.5 Å². The van der Waals surface area contributed by atoms with E-state index in [0.29, 0.717) is 17.1 Å². The number of anilines is 1. The highest BCUT2D eigenvalue weighted by molar-refractivity contribution is 14.1. The minimum Gasteiger partial charge on any atom is -0.504 e. The Morgan fingerprint density at radius 2 is 1.71 bits per heavy atom. The molecule has 28 heavy (non-hydrogen) atoms. The third-order valence-corrected chi connectivity index (χ3v) is 5.93. The molecule has 3 aromatic rings. The molecule has 2 N–H and O–H groups in total. The van der Waals surface area contributed by atoms with Crippen molar-refractivity contribution < 1.29 is 18.3 Å². The predicted octanol–water partition coefficient (Wildman–Crippen LogP) is 4.56. The number of phenols is 1. The monoisotopic (exact) mass is 508 g/mol. The van der Waals surface area contributed by atoms with Crippen LogP contribution in [0.15, 0.2) is 76.6 Å². The Kier molecular flexibility index (Phi) is 6.20. The minimum atomic E-state index is -3.67. The summed E-state index contributed by atoms with van der Waals surface area (Å²) in [5, 5.41) is 9.61. The molecular formula is C20H17IN2O4S. The SMILES string of the molecule is COc1cc(C=Nc2ccc(S(=O)(=O)Nc3ccc(I)cc3)cc2)ccc1O. The molecule has 0 amide bonds. The van der Waals surface area contributed by atoms with Crippen molar-refractivity contribution >= 4 is 50.2 Å². The Hall–Kier alpha value is -2.59. The molecule has 0 heterocycles. The van der Waals surface area contributed by atoms with Crippen LogP contribution >= 0.6 is 22.6 Å². The van der Waals surface area contributed by atoms with Gasteiger partial charge in [0.25, 0.3) is 10.0 Å². The van der Waals surface area contributed by atoms with E-state index in [-0.39, 0.29) is 10.6 Å². The number of hydrogen-bond donors (Lipinski definition) is 2. The molecule has 0 aromatic heterocycles. The highest BCUT2D eigenvalue weighted by atomic mass is 127. The molecule has 0 atom stereocenters. The van der Waals surface area contributed by atoms with Crippen LogP contribution in [0.3, 0.4) is 0 Å². The standard InChI is InChI=1S/C20H17IN2O4S/c1-27-20-12-14(2-11-19(20)24)13-22-16-7-9-18(10-8-16)28(25,26)23-17-5-3-15(21)4-6-17/h2-13,23-24H,1H3. The number of hydrogen-bond acceptors (Lipinski definition) is 5. The van der Waals surface area contributed by atoms with E-state index in [2.05, 4.69) is 32.3 Å². The molecule has 0 aliphatic heterocycles. The van der Waals surface area contributed by atoms with Crippen LogP contribution in [0.1, 0.15) is 5.56 Å². The van der Waals surface area contributed by atoms with Crippen LogP contribution in [0.25, 0.3) is 0 Å². The first-order chi connectivity index (χ1) is 13.4. The van der Waals surface area contributed by atoms with Crippen LogP contribution in [0.4, 0.5) is 11.4 Å². The Labute approximate surface area is 177 Å². The second-order valence-corrected chi connectivity index (χ2v) is 8.72. The second kappa shape index (κ2) is 8.61. The topological polar surface area (TPSA) is 88.0 Å². The zero-order valence-corrected chi connectivity index (χ0v) is 17.8. The zero-order valence-electron chi connectivity index (χ0n) is 14.8. The number of nitrogens with one attached hydrogen (secondary N) is 1. The number of aromatic hydroxyl groups is 1. The largest absolute Gasteiger partial charge is 0.504 e. The first kappa shape index (κ1) is 20.2. The summed E-state index contributed by atoms with van der Waals surface area (Å²) in [6, 6.07) is 18.2. The zero-order chi connectivity index (χ0) is 20.1. The molecule has 0 aliphatic rings. The Balaban J connectivity index is 1.74. The molecule has 0 saturated heterocycles. The maximum atomic E-state index is 12.5. The van der Waals surface area contributed by atoms with E-state index >= 15 is 0 Å². The van der Waals surface area contributed by atoms with Gasteiger partial charge in [-0.1, -0.05) is 0 Å². The molecule has 0 bridgehead atoms. The number of sulfonamides is 1. The van der Waals surface area contributed by atoms with Gasteiger partial charge in [0.2, 0.25) is 0 Å². The summed E-state index contributed by atoms with van der Waals surface area (Å²) in [7, 11) is -2.20. The van der Waals surface area contributed by atoms with Crippen LogP contribution in [0, 0.1) is 3.57 Å². The normalized spacial score (nSPS) is 11.5.